The first-order valence-corrected chi connectivity index (χ1v) is 32.9. The Kier molecular flexibility index (Phi) is 32.6. The van der Waals surface area contributed by atoms with Gasteiger partial charge in [0.15, 0.2) is 0 Å². The molecule has 8 heteroatoms. The molecular formula is C30H64Cl4Si2Zr2. The van der Waals surface area contributed by atoms with E-state index in [1.54, 1.807) is 51.4 Å². The summed E-state index contributed by atoms with van der Waals surface area (Å²) in [5, 5.41) is 0. The second-order valence-corrected chi connectivity index (χ2v) is 31.0. The average molecular weight is 805 g/mol. The Hall–Kier alpha value is 3.36. The van der Waals surface area contributed by atoms with Crippen LogP contribution in [0.3, 0.4) is 0 Å². The molecule has 0 aliphatic heterocycles. The van der Waals surface area contributed by atoms with Crippen molar-refractivity contribution in [3.05, 3.63) is 29.7 Å². The molecule has 4 atom stereocenters. The van der Waals surface area contributed by atoms with Crippen LogP contribution >= 0.6 is 34.1 Å². The fourth-order valence-electron chi connectivity index (χ4n) is 7.77. The van der Waals surface area contributed by atoms with Crippen LogP contribution < -0.4 is 0 Å². The van der Waals surface area contributed by atoms with Crippen molar-refractivity contribution in [2.24, 2.45) is 11.8 Å². The monoisotopic (exact) mass is 800 g/mol. The normalized spacial score (nSPS) is 26.6. The molecule has 0 aromatic rings. The van der Waals surface area contributed by atoms with Crippen molar-refractivity contribution in [1.29, 1.82) is 0 Å². The number of hydrogen-bond donors (Lipinski definition) is 0. The van der Waals surface area contributed by atoms with E-state index in [0.717, 1.165) is 22.9 Å². The van der Waals surface area contributed by atoms with Gasteiger partial charge in [0.1, 0.15) is 0 Å². The molecule has 0 aromatic carbocycles. The van der Waals surface area contributed by atoms with E-state index in [2.05, 4.69) is 40.0 Å². The first-order valence-electron chi connectivity index (χ1n) is 14.0. The first kappa shape index (κ1) is 48.3. The predicted molar refractivity (Wildman–Crippen MR) is 182 cm³/mol. The molecule has 0 nitrogen and oxygen atoms in total. The van der Waals surface area contributed by atoms with Gasteiger partial charge in [-0.05, 0) is 34.0 Å². The molecule has 0 N–H and O–H groups in total. The molecule has 4 unspecified atom stereocenters. The van der Waals surface area contributed by atoms with Crippen molar-refractivity contribution < 1.29 is 41.7 Å². The molecule has 38 heavy (non-hydrogen) atoms. The van der Waals surface area contributed by atoms with Crippen LogP contribution in [0.15, 0.2) is 0 Å². The third-order valence-corrected chi connectivity index (χ3v) is 20.9. The zero-order valence-electron chi connectivity index (χ0n) is 26.9. The van der Waals surface area contributed by atoms with Crippen LogP contribution in [-0.2, 0) is 41.7 Å². The van der Waals surface area contributed by atoms with E-state index >= 15 is 0 Å². The van der Waals surface area contributed by atoms with E-state index in [1.165, 1.54) is 49.6 Å². The van der Waals surface area contributed by atoms with Crippen molar-refractivity contribution in [2.75, 3.05) is 0 Å². The number of halogens is 4. The van der Waals surface area contributed by atoms with Crippen LogP contribution in [0.5, 0.6) is 0 Å². The van der Waals surface area contributed by atoms with E-state index in [4.69, 9.17) is 34.1 Å². The summed E-state index contributed by atoms with van der Waals surface area (Å²) >= 11 is -1.65. The van der Waals surface area contributed by atoms with Gasteiger partial charge in [-0.1, -0.05) is 130 Å². The summed E-state index contributed by atoms with van der Waals surface area (Å²) in [6.07, 6.45) is 21.7. The Morgan fingerprint density at radius 1 is 0.447 bits per heavy atom. The molecule has 228 valence electrons. The maximum atomic E-state index is 4.93. The van der Waals surface area contributed by atoms with Gasteiger partial charge in [0.2, 0.25) is 0 Å². The van der Waals surface area contributed by atoms with Gasteiger partial charge in [0.05, 0.1) is 16.1 Å². The molecular weight excluding hydrogens is 741 g/mol. The zero-order valence-corrected chi connectivity index (χ0v) is 36.8. The third kappa shape index (κ3) is 16.4. The van der Waals surface area contributed by atoms with E-state index in [1.807, 2.05) is 0 Å². The van der Waals surface area contributed by atoms with Crippen molar-refractivity contribution in [2.45, 2.75) is 152 Å². The Morgan fingerprint density at radius 2 is 0.684 bits per heavy atom. The van der Waals surface area contributed by atoms with Gasteiger partial charge >= 0.3 is 75.7 Å². The van der Waals surface area contributed by atoms with Crippen LogP contribution in [0.4, 0.5) is 0 Å². The van der Waals surface area contributed by atoms with E-state index < -0.39 is 57.8 Å². The summed E-state index contributed by atoms with van der Waals surface area (Å²) in [5.74, 6) is 2.06. The summed E-state index contributed by atoms with van der Waals surface area (Å²) in [7, 11) is 18.0. The Balaban J connectivity index is -0.000000233. The maximum absolute atomic E-state index is 4.93. The molecule has 0 bridgehead atoms. The molecule has 0 amide bonds. The van der Waals surface area contributed by atoms with E-state index in [-0.39, 0.29) is 29.7 Å². The zero-order chi connectivity index (χ0) is 25.8. The topological polar surface area (TPSA) is 0 Å². The molecule has 4 rings (SSSR count). The minimum absolute atomic E-state index is 0. The molecule has 4 aliphatic rings. The van der Waals surface area contributed by atoms with Crippen LogP contribution in [0.1, 0.15) is 104 Å². The quantitative estimate of drug-likeness (QED) is 0.196. The summed E-state index contributed by atoms with van der Waals surface area (Å²) < 4.78 is 0. The number of hydrogen-bond acceptors (Lipinski definition) is 0. The molecule has 0 radical (unpaired) electrons. The SMILES string of the molecule is CC1CCC([Si](C)(C)C2CCC(C)C2)C1.C[Si](C)(C1CCCC1)C1CCCC1.[CH3-].[CH3-].[CH3-].[CH3-].[Cl][Zr+2][Cl].[Cl][Zr+2][Cl]. The second kappa shape index (κ2) is 25.7. The first-order chi connectivity index (χ1) is 16.0. The van der Waals surface area contributed by atoms with Gasteiger partial charge in [-0.25, -0.2) is 0 Å². The predicted octanol–water partition coefficient (Wildman–Crippen LogP) is 14.2. The van der Waals surface area contributed by atoms with Crippen LogP contribution in [-0.4, -0.2) is 16.1 Å². The van der Waals surface area contributed by atoms with Gasteiger partial charge in [-0.15, -0.1) is 0 Å². The summed E-state index contributed by atoms with van der Waals surface area (Å²) in [6.45, 7) is 15.7. The Morgan fingerprint density at radius 3 is 0.895 bits per heavy atom. The molecule has 0 saturated heterocycles. The van der Waals surface area contributed by atoms with E-state index in [0.29, 0.717) is 0 Å². The van der Waals surface area contributed by atoms with Crippen LogP contribution in [0, 0.1) is 41.5 Å². The third-order valence-electron chi connectivity index (χ3n) is 10.3. The molecule has 4 fully saturated rings. The average Bonchev–Trinajstić information content (AvgIpc) is 3.56. The van der Waals surface area contributed by atoms with Crippen LogP contribution in [0.2, 0.25) is 48.4 Å². The molecule has 0 spiro atoms. The summed E-state index contributed by atoms with van der Waals surface area (Å²) in [6, 6.07) is 0. The van der Waals surface area contributed by atoms with Crippen molar-refractivity contribution in [3.8, 4) is 0 Å². The number of rotatable bonds is 4. The van der Waals surface area contributed by atoms with Gasteiger partial charge in [0.25, 0.3) is 0 Å². The Labute approximate surface area is 282 Å². The van der Waals surface area contributed by atoms with Crippen molar-refractivity contribution in [3.63, 3.8) is 0 Å². The fraction of sp³-hybridized carbons (Fsp3) is 0.867. The van der Waals surface area contributed by atoms with Crippen LogP contribution in [0.25, 0.3) is 0 Å². The molecule has 0 aromatic heterocycles. The summed E-state index contributed by atoms with van der Waals surface area (Å²) in [5.41, 5.74) is 4.69. The minimum atomic E-state index is -0.921. The standard InChI is InChI=1S/C14H28Si.C12H24Si.4CH3.4ClH.2Zr/c1-11-5-7-13(9-11)15(3,4)14-8-6-12(2)10-14;1-13(2,11-7-3-4-8-11)12-9-5-6-10-12;;;;;;;;;;/h11-14H,5-10H2,1-4H3;11-12H,3-10H2,1-2H3;4*1H3;4*1H;;/q;;4*-1;;;;;2*+4/p-4. The van der Waals surface area contributed by atoms with Crippen molar-refractivity contribution >= 4 is 50.2 Å². The molecule has 4 saturated carbocycles. The van der Waals surface area contributed by atoms with Gasteiger partial charge in [0, 0.05) is 0 Å². The Bertz CT molecular complexity index is 486. The molecule has 0 heterocycles. The molecule has 4 aliphatic carbocycles. The second-order valence-electron chi connectivity index (χ2n) is 13.0. The van der Waals surface area contributed by atoms with Gasteiger partial charge < -0.3 is 29.7 Å². The van der Waals surface area contributed by atoms with Crippen molar-refractivity contribution in [1.82, 2.24) is 0 Å². The summed E-state index contributed by atoms with van der Waals surface area (Å²) in [4.78, 5) is 0. The fourth-order valence-corrected chi connectivity index (χ4v) is 16.7. The van der Waals surface area contributed by atoms with Gasteiger partial charge in [-0.2, -0.15) is 0 Å². The van der Waals surface area contributed by atoms with Gasteiger partial charge in [-0.3, -0.25) is 0 Å². The van der Waals surface area contributed by atoms with E-state index in [9.17, 15) is 0 Å².